The van der Waals surface area contributed by atoms with E-state index in [4.69, 9.17) is 14.5 Å². The molecule has 1 amide bonds. The summed E-state index contributed by atoms with van der Waals surface area (Å²) in [5.74, 6) is -0.254. The predicted molar refractivity (Wildman–Crippen MR) is 141 cm³/mol. The molecule has 0 bridgehead atoms. The topological polar surface area (TPSA) is 94.5 Å². The van der Waals surface area contributed by atoms with E-state index in [1.165, 1.54) is 12.7 Å². The Hall–Kier alpha value is -3.39. The summed E-state index contributed by atoms with van der Waals surface area (Å²) in [6, 6.07) is 12.2. The second kappa shape index (κ2) is 12.0. The van der Waals surface area contributed by atoms with Crippen LogP contribution >= 0.6 is 0 Å². The third-order valence-corrected chi connectivity index (χ3v) is 6.79. The summed E-state index contributed by atoms with van der Waals surface area (Å²) in [7, 11) is 1.35. The van der Waals surface area contributed by atoms with Crippen molar-refractivity contribution in [2.24, 2.45) is 5.92 Å². The fourth-order valence-electron chi connectivity index (χ4n) is 4.49. The van der Waals surface area contributed by atoms with Gasteiger partial charge in [0, 0.05) is 25.1 Å². The summed E-state index contributed by atoms with van der Waals surface area (Å²) in [6.07, 6.45) is 5.48. The number of fused-ring (bicyclic) bond motifs is 1. The number of methoxy groups -OCH3 is 1. The zero-order valence-electron chi connectivity index (χ0n) is 21.4. The molecular formula is C28H36N4O4. The molecule has 1 saturated heterocycles. The third kappa shape index (κ3) is 5.87. The first kappa shape index (κ1) is 25.7. The molecule has 3 aromatic rings. The van der Waals surface area contributed by atoms with Crippen LogP contribution in [-0.2, 0) is 27.2 Å². The normalized spacial score (nSPS) is 16.1. The Labute approximate surface area is 212 Å². The van der Waals surface area contributed by atoms with Gasteiger partial charge in [0.1, 0.15) is 11.8 Å². The molecule has 8 heteroatoms. The molecule has 1 aliphatic heterocycles. The lowest BCUT2D eigenvalue weighted by Crippen LogP contribution is -2.28. The largest absolute Gasteiger partial charge is 0.464 e. The highest BCUT2D eigenvalue weighted by Gasteiger charge is 2.30. The van der Waals surface area contributed by atoms with Crippen LogP contribution in [0.2, 0.25) is 0 Å². The van der Waals surface area contributed by atoms with Crippen molar-refractivity contribution in [2.75, 3.05) is 30.9 Å². The molecule has 0 saturated carbocycles. The number of carbonyl (C=O) groups is 2. The molecule has 36 heavy (non-hydrogen) atoms. The molecule has 2 N–H and O–H groups in total. The first-order chi connectivity index (χ1) is 17.5. The standard InChI is InChI=1S/C28H36N4O4/c1-4-19(2)17-29-21-16-22-24(31-27(33)23-13-9-15-36-23)25(28(34)35-3)32(26(22)30-18-21)14-8-12-20-10-6-5-7-11-20/h5-7,10-11,16,18-19,23,29H,4,8-9,12-15,17H2,1-3H3,(H,31,33)/t19-,23+/m1/s1. The number of ether oxygens (including phenoxy) is 2. The number of nitrogens with one attached hydrogen (secondary N) is 2. The number of hydrogen-bond donors (Lipinski definition) is 2. The van der Waals surface area contributed by atoms with Crippen LogP contribution in [0.25, 0.3) is 11.0 Å². The summed E-state index contributed by atoms with van der Waals surface area (Å²) >= 11 is 0. The summed E-state index contributed by atoms with van der Waals surface area (Å²) in [5, 5.41) is 7.13. The maximum Gasteiger partial charge on any atom is 0.356 e. The van der Waals surface area contributed by atoms with Crippen LogP contribution in [0.5, 0.6) is 0 Å². The van der Waals surface area contributed by atoms with Gasteiger partial charge >= 0.3 is 5.97 Å². The molecule has 0 spiro atoms. The highest BCUT2D eigenvalue weighted by atomic mass is 16.5. The van der Waals surface area contributed by atoms with E-state index in [0.29, 0.717) is 47.9 Å². The first-order valence-electron chi connectivity index (χ1n) is 12.8. The van der Waals surface area contributed by atoms with Crippen LogP contribution in [-0.4, -0.2) is 47.8 Å². The monoisotopic (exact) mass is 492 g/mol. The molecule has 0 unspecified atom stereocenters. The number of pyridine rings is 1. The number of aryl methyl sites for hydroxylation is 2. The highest BCUT2D eigenvalue weighted by Crippen LogP contribution is 2.33. The minimum Gasteiger partial charge on any atom is -0.464 e. The third-order valence-electron chi connectivity index (χ3n) is 6.79. The number of nitrogens with zero attached hydrogens (tertiary/aromatic N) is 2. The van der Waals surface area contributed by atoms with Gasteiger partial charge in [-0.15, -0.1) is 0 Å². The van der Waals surface area contributed by atoms with Crippen LogP contribution in [0.15, 0.2) is 42.6 Å². The van der Waals surface area contributed by atoms with E-state index in [2.05, 4.69) is 36.6 Å². The highest BCUT2D eigenvalue weighted by molar-refractivity contribution is 6.12. The number of hydrogen-bond acceptors (Lipinski definition) is 6. The number of anilines is 2. The van der Waals surface area contributed by atoms with Gasteiger partial charge in [-0.3, -0.25) is 4.79 Å². The van der Waals surface area contributed by atoms with E-state index in [-0.39, 0.29) is 5.91 Å². The fraction of sp³-hybridized carbons (Fsp3) is 0.464. The van der Waals surface area contributed by atoms with E-state index in [1.54, 1.807) is 6.20 Å². The Morgan fingerprint density at radius 1 is 1.28 bits per heavy atom. The Bertz CT molecular complexity index is 1190. The molecule has 4 rings (SSSR count). The van der Waals surface area contributed by atoms with Crippen molar-refractivity contribution >= 4 is 34.3 Å². The molecule has 2 atom stereocenters. The minimum absolute atomic E-state index is 0.251. The molecular weight excluding hydrogens is 456 g/mol. The minimum atomic E-state index is -0.522. The molecule has 0 radical (unpaired) electrons. The lowest BCUT2D eigenvalue weighted by molar-refractivity contribution is -0.124. The van der Waals surface area contributed by atoms with Crippen molar-refractivity contribution in [2.45, 2.75) is 58.6 Å². The Balaban J connectivity index is 1.71. The van der Waals surface area contributed by atoms with Gasteiger partial charge in [-0.05, 0) is 43.2 Å². The van der Waals surface area contributed by atoms with Crippen LogP contribution < -0.4 is 10.6 Å². The van der Waals surface area contributed by atoms with Crippen LogP contribution in [0, 0.1) is 5.92 Å². The van der Waals surface area contributed by atoms with E-state index < -0.39 is 12.1 Å². The van der Waals surface area contributed by atoms with Crippen molar-refractivity contribution in [3.63, 3.8) is 0 Å². The Kier molecular flexibility index (Phi) is 8.59. The van der Waals surface area contributed by atoms with Crippen LogP contribution in [0.4, 0.5) is 11.4 Å². The van der Waals surface area contributed by atoms with Gasteiger partial charge in [-0.25, -0.2) is 9.78 Å². The number of carbonyl (C=O) groups excluding carboxylic acids is 2. The molecule has 1 aromatic carbocycles. The average Bonchev–Trinajstić information content (AvgIpc) is 3.55. The van der Waals surface area contributed by atoms with Crippen molar-refractivity contribution in [3.05, 3.63) is 53.9 Å². The smallest absolute Gasteiger partial charge is 0.356 e. The second-order valence-corrected chi connectivity index (χ2v) is 9.44. The van der Waals surface area contributed by atoms with Gasteiger partial charge in [0.2, 0.25) is 0 Å². The Morgan fingerprint density at radius 2 is 2.08 bits per heavy atom. The Morgan fingerprint density at radius 3 is 2.78 bits per heavy atom. The summed E-state index contributed by atoms with van der Waals surface area (Å²) in [4.78, 5) is 30.8. The van der Waals surface area contributed by atoms with Gasteiger partial charge in [0.15, 0.2) is 5.69 Å². The number of aromatic nitrogens is 2. The first-order valence-corrected chi connectivity index (χ1v) is 12.8. The lowest BCUT2D eigenvalue weighted by Gasteiger charge is -2.13. The van der Waals surface area contributed by atoms with Gasteiger partial charge in [0.25, 0.3) is 5.91 Å². The SMILES string of the molecule is CC[C@@H](C)CNc1cnc2c(c1)c(NC(=O)[C@@H]1CCCO1)c(C(=O)OC)n2CCCc1ccccc1. The maximum atomic E-state index is 13.0. The average molecular weight is 493 g/mol. The lowest BCUT2D eigenvalue weighted by atomic mass is 10.1. The van der Waals surface area contributed by atoms with Crippen molar-refractivity contribution in [1.29, 1.82) is 0 Å². The number of amides is 1. The van der Waals surface area contributed by atoms with E-state index in [0.717, 1.165) is 37.9 Å². The molecule has 1 fully saturated rings. The van der Waals surface area contributed by atoms with Crippen molar-refractivity contribution < 1.29 is 19.1 Å². The molecule has 1 aliphatic rings. The van der Waals surface area contributed by atoms with Gasteiger partial charge in [-0.1, -0.05) is 50.6 Å². The van der Waals surface area contributed by atoms with Crippen molar-refractivity contribution in [3.8, 4) is 0 Å². The maximum absolute atomic E-state index is 13.0. The molecule has 2 aromatic heterocycles. The molecule has 0 aliphatic carbocycles. The quantitative estimate of drug-likeness (QED) is 0.365. The summed E-state index contributed by atoms with van der Waals surface area (Å²) in [5.41, 5.74) is 3.44. The van der Waals surface area contributed by atoms with Gasteiger partial charge < -0.3 is 24.7 Å². The zero-order chi connectivity index (χ0) is 25.5. The fourth-order valence-corrected chi connectivity index (χ4v) is 4.49. The van der Waals surface area contributed by atoms with E-state index >= 15 is 0 Å². The number of benzene rings is 1. The number of rotatable bonds is 11. The van der Waals surface area contributed by atoms with Gasteiger partial charge in [0.05, 0.1) is 24.7 Å². The molecule has 3 heterocycles. The second-order valence-electron chi connectivity index (χ2n) is 9.44. The summed E-state index contributed by atoms with van der Waals surface area (Å²) < 4.78 is 12.6. The number of esters is 1. The molecule has 192 valence electrons. The van der Waals surface area contributed by atoms with E-state index in [9.17, 15) is 9.59 Å². The summed E-state index contributed by atoms with van der Waals surface area (Å²) in [6.45, 7) is 6.27. The predicted octanol–water partition coefficient (Wildman–Crippen LogP) is 5.03. The van der Waals surface area contributed by atoms with E-state index in [1.807, 2.05) is 28.8 Å². The van der Waals surface area contributed by atoms with Crippen molar-refractivity contribution in [1.82, 2.24) is 9.55 Å². The molecule has 8 nitrogen and oxygen atoms in total. The van der Waals surface area contributed by atoms with Crippen LogP contribution in [0.3, 0.4) is 0 Å². The zero-order valence-corrected chi connectivity index (χ0v) is 21.4. The van der Waals surface area contributed by atoms with Crippen LogP contribution in [0.1, 0.15) is 55.6 Å². The van der Waals surface area contributed by atoms with Gasteiger partial charge in [-0.2, -0.15) is 0 Å².